The lowest BCUT2D eigenvalue weighted by molar-refractivity contribution is -0.117. The molecule has 184 valence electrons. The maximum atomic E-state index is 13.3. The number of aromatic nitrogens is 1. The van der Waals surface area contributed by atoms with Crippen molar-refractivity contribution in [3.05, 3.63) is 69.0 Å². The van der Waals surface area contributed by atoms with Crippen LogP contribution in [0.15, 0.2) is 41.8 Å². The van der Waals surface area contributed by atoms with Gasteiger partial charge in [0.15, 0.2) is 0 Å². The van der Waals surface area contributed by atoms with Gasteiger partial charge in [-0.1, -0.05) is 24.3 Å². The van der Waals surface area contributed by atoms with Crippen LogP contribution in [-0.4, -0.2) is 41.7 Å². The Morgan fingerprint density at radius 2 is 2.11 bits per heavy atom. The molecule has 0 spiro atoms. The number of benzene rings is 1. The van der Waals surface area contributed by atoms with Crippen LogP contribution in [0.2, 0.25) is 0 Å². The van der Waals surface area contributed by atoms with E-state index < -0.39 is 0 Å². The summed E-state index contributed by atoms with van der Waals surface area (Å²) in [5.41, 5.74) is 3.41. The number of para-hydroxylation sites is 1. The normalized spacial score (nSPS) is 15.3. The van der Waals surface area contributed by atoms with Crippen LogP contribution in [0.3, 0.4) is 0 Å². The molecule has 1 unspecified atom stereocenters. The molecule has 3 heterocycles. The van der Waals surface area contributed by atoms with Gasteiger partial charge in [-0.15, -0.1) is 11.3 Å². The zero-order valence-electron chi connectivity index (χ0n) is 20.5. The lowest BCUT2D eigenvalue weighted by Crippen LogP contribution is -2.33. The fraction of sp³-hybridized carbons (Fsp3) is 0.407. The van der Waals surface area contributed by atoms with Crippen LogP contribution >= 0.6 is 11.3 Å². The fourth-order valence-corrected chi connectivity index (χ4v) is 5.34. The van der Waals surface area contributed by atoms with E-state index in [0.29, 0.717) is 31.0 Å². The van der Waals surface area contributed by atoms with Crippen LogP contribution in [0.1, 0.15) is 40.1 Å². The minimum atomic E-state index is -0.154. The van der Waals surface area contributed by atoms with Crippen LogP contribution in [0.25, 0.3) is 0 Å². The van der Waals surface area contributed by atoms with Crippen LogP contribution in [0, 0.1) is 25.2 Å². The van der Waals surface area contributed by atoms with Crippen molar-refractivity contribution in [1.82, 2.24) is 9.47 Å². The molecule has 1 fully saturated rings. The van der Waals surface area contributed by atoms with Gasteiger partial charge < -0.3 is 19.4 Å². The SMILES string of the molecule is COc1ccccc1CN(CC(=O)Nc1c(C#N)c(C)c(C)n1CC1CCCO1)Cc1cccs1. The van der Waals surface area contributed by atoms with Crippen LogP contribution in [0.5, 0.6) is 5.75 Å². The van der Waals surface area contributed by atoms with E-state index in [1.807, 2.05) is 54.1 Å². The molecule has 35 heavy (non-hydrogen) atoms. The molecular formula is C27H32N4O3S. The number of ether oxygens (including phenoxy) is 2. The third kappa shape index (κ3) is 5.93. The van der Waals surface area contributed by atoms with Crippen LogP contribution in [0.4, 0.5) is 5.82 Å². The van der Waals surface area contributed by atoms with Crippen molar-refractivity contribution < 1.29 is 14.3 Å². The van der Waals surface area contributed by atoms with Gasteiger partial charge in [0.1, 0.15) is 17.6 Å². The van der Waals surface area contributed by atoms with Crippen molar-refractivity contribution in [2.75, 3.05) is 25.6 Å². The highest BCUT2D eigenvalue weighted by Gasteiger charge is 2.25. The molecule has 7 nitrogen and oxygen atoms in total. The highest BCUT2D eigenvalue weighted by molar-refractivity contribution is 7.09. The smallest absolute Gasteiger partial charge is 0.239 e. The highest BCUT2D eigenvalue weighted by atomic mass is 32.1. The average molecular weight is 493 g/mol. The Morgan fingerprint density at radius 1 is 1.29 bits per heavy atom. The van der Waals surface area contributed by atoms with Crippen molar-refractivity contribution in [2.45, 2.75) is 52.4 Å². The van der Waals surface area contributed by atoms with Gasteiger partial charge in [-0.05, 0) is 49.8 Å². The lowest BCUT2D eigenvalue weighted by atomic mass is 10.2. The van der Waals surface area contributed by atoms with Gasteiger partial charge in [-0.2, -0.15) is 5.26 Å². The van der Waals surface area contributed by atoms with Crippen LogP contribution in [-0.2, 0) is 29.2 Å². The minimum absolute atomic E-state index is 0.101. The molecule has 1 atom stereocenters. The Bertz CT molecular complexity index is 1190. The van der Waals surface area contributed by atoms with Gasteiger partial charge in [0.2, 0.25) is 5.91 Å². The maximum absolute atomic E-state index is 13.3. The summed E-state index contributed by atoms with van der Waals surface area (Å²) in [7, 11) is 1.66. The highest BCUT2D eigenvalue weighted by Crippen LogP contribution is 2.29. The van der Waals surface area contributed by atoms with Gasteiger partial charge >= 0.3 is 0 Å². The first kappa shape index (κ1) is 25.0. The summed E-state index contributed by atoms with van der Waals surface area (Å²) < 4.78 is 13.4. The molecule has 1 amide bonds. The number of amides is 1. The molecule has 0 saturated carbocycles. The van der Waals surface area contributed by atoms with Gasteiger partial charge in [0.25, 0.3) is 0 Å². The third-order valence-corrected chi connectivity index (χ3v) is 7.38. The zero-order valence-corrected chi connectivity index (χ0v) is 21.4. The van der Waals surface area contributed by atoms with Crippen molar-refractivity contribution in [2.24, 2.45) is 0 Å². The molecule has 0 radical (unpaired) electrons. The summed E-state index contributed by atoms with van der Waals surface area (Å²) in [4.78, 5) is 16.6. The Kier molecular flexibility index (Phi) is 8.24. The number of carbonyl (C=O) groups is 1. The molecule has 3 aromatic rings. The molecule has 1 aliphatic heterocycles. The number of methoxy groups -OCH3 is 1. The summed E-state index contributed by atoms with van der Waals surface area (Å²) in [6, 6.07) is 14.3. The van der Waals surface area contributed by atoms with E-state index in [4.69, 9.17) is 9.47 Å². The van der Waals surface area contributed by atoms with E-state index in [1.165, 1.54) is 4.88 Å². The summed E-state index contributed by atoms with van der Waals surface area (Å²) >= 11 is 1.67. The number of nitrogens with one attached hydrogen (secondary N) is 1. The Morgan fingerprint density at radius 3 is 2.80 bits per heavy atom. The van der Waals surface area contributed by atoms with E-state index in [1.54, 1.807) is 18.4 Å². The number of hydrogen-bond acceptors (Lipinski definition) is 6. The summed E-state index contributed by atoms with van der Waals surface area (Å²) in [5, 5.41) is 15.0. The zero-order chi connectivity index (χ0) is 24.8. The molecule has 8 heteroatoms. The summed E-state index contributed by atoms with van der Waals surface area (Å²) in [5.74, 6) is 1.21. The molecular weight excluding hydrogens is 460 g/mol. The predicted molar refractivity (Wildman–Crippen MR) is 138 cm³/mol. The van der Waals surface area contributed by atoms with Gasteiger partial charge in [0.05, 0.1) is 31.9 Å². The summed E-state index contributed by atoms with van der Waals surface area (Å²) in [6.07, 6.45) is 2.13. The Hall–Kier alpha value is -3.12. The van der Waals surface area contributed by atoms with Crippen molar-refractivity contribution in [3.8, 4) is 11.8 Å². The van der Waals surface area contributed by atoms with E-state index in [2.05, 4.69) is 22.4 Å². The molecule has 0 bridgehead atoms. The largest absolute Gasteiger partial charge is 0.496 e. The van der Waals surface area contributed by atoms with Gasteiger partial charge in [0, 0.05) is 35.8 Å². The van der Waals surface area contributed by atoms with Crippen molar-refractivity contribution in [1.29, 1.82) is 5.26 Å². The number of nitrogens with zero attached hydrogens (tertiary/aromatic N) is 3. The lowest BCUT2D eigenvalue weighted by Gasteiger charge is -2.23. The van der Waals surface area contributed by atoms with E-state index >= 15 is 0 Å². The topological polar surface area (TPSA) is 79.5 Å². The number of hydrogen-bond donors (Lipinski definition) is 1. The molecule has 1 saturated heterocycles. The Balaban J connectivity index is 1.55. The average Bonchev–Trinajstić information content (AvgIpc) is 3.60. The molecule has 4 rings (SSSR count). The molecule has 1 aliphatic rings. The number of carbonyl (C=O) groups excluding carboxylic acids is 1. The predicted octanol–water partition coefficient (Wildman–Crippen LogP) is 4.87. The van der Waals surface area contributed by atoms with Gasteiger partial charge in [-0.3, -0.25) is 9.69 Å². The first-order valence-corrected chi connectivity index (χ1v) is 12.8. The quantitative estimate of drug-likeness (QED) is 0.437. The number of nitriles is 1. The monoisotopic (exact) mass is 492 g/mol. The van der Waals surface area contributed by atoms with Gasteiger partial charge in [-0.25, -0.2) is 0 Å². The first-order valence-electron chi connectivity index (χ1n) is 11.9. The Labute approximate surface area is 210 Å². The van der Waals surface area contributed by atoms with Crippen LogP contribution < -0.4 is 10.1 Å². The number of rotatable bonds is 10. The number of anilines is 1. The van der Waals surface area contributed by atoms with E-state index in [0.717, 1.165) is 42.0 Å². The second kappa shape index (κ2) is 11.5. The fourth-order valence-electron chi connectivity index (χ4n) is 4.59. The third-order valence-electron chi connectivity index (χ3n) is 6.52. The first-order chi connectivity index (χ1) is 17.0. The maximum Gasteiger partial charge on any atom is 0.239 e. The molecule has 1 aromatic carbocycles. The standard InChI is InChI=1S/C27H32N4O3S/c1-19-20(2)31(16-22-9-6-12-34-22)27(24(19)14-28)29-26(32)18-30(17-23-10-7-13-35-23)15-21-8-4-5-11-25(21)33-3/h4-5,7-8,10-11,13,22H,6,9,12,15-18H2,1-3H3,(H,29,32). The van der Waals surface area contributed by atoms with E-state index in [9.17, 15) is 10.1 Å². The minimum Gasteiger partial charge on any atom is -0.496 e. The summed E-state index contributed by atoms with van der Waals surface area (Å²) in [6.45, 7) is 6.70. The second-order valence-electron chi connectivity index (χ2n) is 8.88. The molecule has 2 aromatic heterocycles. The van der Waals surface area contributed by atoms with E-state index in [-0.39, 0.29) is 18.6 Å². The molecule has 0 aliphatic carbocycles. The second-order valence-corrected chi connectivity index (χ2v) is 9.91. The molecule has 1 N–H and O–H groups in total. The van der Waals surface area contributed by atoms with Crippen molar-refractivity contribution >= 4 is 23.1 Å². The number of thiophene rings is 1. The van der Waals surface area contributed by atoms with Crippen molar-refractivity contribution in [3.63, 3.8) is 0 Å².